The molecule has 14 rings (SSSR count). The summed E-state index contributed by atoms with van der Waals surface area (Å²) in [5.74, 6) is -0.167. The molecule has 7 saturated heterocycles. The van der Waals surface area contributed by atoms with Gasteiger partial charge in [0.15, 0.2) is 12.6 Å². The summed E-state index contributed by atoms with van der Waals surface area (Å²) in [5.41, 5.74) is 12.0. The van der Waals surface area contributed by atoms with E-state index in [9.17, 15) is 33.2 Å². The van der Waals surface area contributed by atoms with Crippen LogP contribution < -0.4 is 36.0 Å². The van der Waals surface area contributed by atoms with Crippen molar-refractivity contribution in [2.24, 2.45) is 5.92 Å². The molecule has 97 heavy (non-hydrogen) atoms. The number of benzene rings is 7. The zero-order valence-electron chi connectivity index (χ0n) is 56.3. The minimum atomic E-state index is -0.465. The fourth-order valence-corrected chi connectivity index (χ4v) is 12.9. The average Bonchev–Trinajstić information content (AvgIpc) is 1.07. The number of hydrogen-bond acceptors (Lipinski definition) is 14. The summed E-state index contributed by atoms with van der Waals surface area (Å²) in [5, 5.41) is 12.6. The molecule has 512 valence electrons. The van der Waals surface area contributed by atoms with Gasteiger partial charge in [-0.1, -0.05) is 152 Å². The Morgan fingerprint density at radius 3 is 1.35 bits per heavy atom. The number of para-hydroxylation sites is 3. The maximum Gasteiger partial charge on any atom is 0.247 e. The van der Waals surface area contributed by atoms with Crippen molar-refractivity contribution in [1.29, 1.82) is 0 Å². The molecule has 1 unspecified atom stereocenters. The monoisotopic (exact) mass is 1320 g/mol. The number of rotatable bonds is 14. The second-order valence-electron chi connectivity index (χ2n) is 25.1. The second-order valence-corrected chi connectivity index (χ2v) is 25.1. The summed E-state index contributed by atoms with van der Waals surface area (Å²) >= 11 is 0. The van der Waals surface area contributed by atoms with Gasteiger partial charge >= 0.3 is 0 Å². The highest BCUT2D eigenvalue weighted by Crippen LogP contribution is 2.28. The first-order valence-electron chi connectivity index (χ1n) is 34.4. The lowest BCUT2D eigenvalue weighted by Gasteiger charge is -2.36. The number of nitrogens with one attached hydrogen (secondary N) is 4. The summed E-state index contributed by atoms with van der Waals surface area (Å²) in [7, 11) is 0. The topological polar surface area (TPSA) is 173 Å². The van der Waals surface area contributed by atoms with Crippen LogP contribution >= 0.6 is 0 Å². The van der Waals surface area contributed by atoms with Gasteiger partial charge in [0.1, 0.15) is 5.82 Å². The summed E-state index contributed by atoms with van der Waals surface area (Å²) in [6, 6.07) is 62.6. The van der Waals surface area contributed by atoms with Crippen molar-refractivity contribution in [2.75, 3.05) is 139 Å². The Balaban J connectivity index is 0.000000156. The second kappa shape index (κ2) is 39.1. The highest BCUT2D eigenvalue weighted by molar-refractivity contribution is 6.00. The number of imide groups is 1. The molecule has 7 aliphatic heterocycles. The van der Waals surface area contributed by atoms with Crippen LogP contribution in [0.1, 0.15) is 82.6 Å². The van der Waals surface area contributed by atoms with E-state index in [1.807, 2.05) is 24.3 Å². The van der Waals surface area contributed by atoms with Gasteiger partial charge in [-0.05, 0) is 96.0 Å². The molecule has 7 aliphatic rings. The van der Waals surface area contributed by atoms with Crippen LogP contribution in [0.2, 0.25) is 0 Å². The standard InChI is InChI=1S/C22H25N3O.C18H20N2O.C15H21N3O.C11H16N2.C7H5FO.C6H9NO2.H2/c26-22-20(10-11-23-22)16-19-8-4-5-9-21(19)25-14-12-24(13-15-25)17-18-6-2-1-3-7-18;21-15-17-8-4-5-9-18(17)20-12-10-19(11-13-20)14-16-6-2-1-3-7-16;19-15-13(5-6-17-15)11-12-3-1-2-4-14(12)18-9-7-16-8-10-18;1-2-4-11(5-3-1)10-13-8-6-12-7-9-13;8-7-4-2-1-3-6(7)5-9;1-5(8)7-4-2-3-6(7)9;/h1-9,16H,10-15,17H2,(H,23,26);1-9,15H,10-14H2;1-4,13,16H,5-11H2,(H,17,19);1-5,12H,6-10H2;1-5H;2-4H2,1H3;1H/b20-16+;;;;;;. The van der Waals surface area contributed by atoms with Crippen molar-refractivity contribution in [3.63, 3.8) is 0 Å². The molecule has 17 nitrogen and oxygen atoms in total. The van der Waals surface area contributed by atoms with Gasteiger partial charge in [0.2, 0.25) is 23.6 Å². The first-order chi connectivity index (χ1) is 47.5. The van der Waals surface area contributed by atoms with Crippen LogP contribution in [-0.4, -0.2) is 180 Å². The Labute approximate surface area is 574 Å². The minimum absolute atomic E-state index is 0. The first-order valence-corrected chi connectivity index (χ1v) is 34.4. The van der Waals surface area contributed by atoms with Gasteiger partial charge in [0.25, 0.3) is 0 Å². The Hall–Kier alpha value is -9.17. The number of likely N-dealkylation sites (tertiary alicyclic amines) is 1. The molecular formula is C79H98FN11O6. The number of halogens is 1. The molecule has 0 aromatic heterocycles. The largest absolute Gasteiger partial charge is 0.369 e. The van der Waals surface area contributed by atoms with Gasteiger partial charge < -0.3 is 36.0 Å². The predicted octanol–water partition coefficient (Wildman–Crippen LogP) is 9.64. The fraction of sp³-hybridized carbons (Fsp3) is 0.367. The molecule has 7 aromatic rings. The molecule has 4 N–H and O–H groups in total. The number of hydrogen-bond donors (Lipinski definition) is 4. The SMILES string of the molecule is CC(=O)N1CCCC1=O.O=C1NCC/C1=C\c1ccccc1N1CCN(Cc2ccccc2)CC1.O=C1NCCC1Cc1ccccc1N1CCNCC1.O=Cc1ccccc1F.O=Cc1ccccc1N1CCN(Cc2ccccc2)CC1.[HH].c1ccc(CN2CCNCC2)cc1. The van der Waals surface area contributed by atoms with Crippen molar-refractivity contribution in [1.82, 2.24) is 40.9 Å². The van der Waals surface area contributed by atoms with Gasteiger partial charge in [-0.3, -0.25) is 48.4 Å². The van der Waals surface area contributed by atoms with Gasteiger partial charge in [0.05, 0.1) is 5.56 Å². The molecule has 7 aromatic carbocycles. The third-order valence-corrected chi connectivity index (χ3v) is 18.2. The van der Waals surface area contributed by atoms with E-state index in [1.165, 1.54) is 70.7 Å². The summed E-state index contributed by atoms with van der Waals surface area (Å²) in [6.07, 6.45) is 7.53. The fourth-order valence-electron chi connectivity index (χ4n) is 12.9. The van der Waals surface area contributed by atoms with Crippen molar-refractivity contribution < 1.29 is 34.6 Å². The van der Waals surface area contributed by atoms with Crippen LogP contribution in [0, 0.1) is 11.7 Å². The molecule has 0 bridgehead atoms. The summed E-state index contributed by atoms with van der Waals surface area (Å²) in [6.45, 7) is 23.7. The van der Waals surface area contributed by atoms with Crippen LogP contribution in [0.3, 0.4) is 0 Å². The third kappa shape index (κ3) is 23.0. The summed E-state index contributed by atoms with van der Waals surface area (Å²) < 4.78 is 12.4. The maximum absolute atomic E-state index is 12.4. The van der Waals surface area contributed by atoms with Gasteiger partial charge in [-0.15, -0.1) is 0 Å². The number of carbonyl (C=O) groups is 6. The van der Waals surface area contributed by atoms with Crippen molar-refractivity contribution in [2.45, 2.75) is 58.7 Å². The highest BCUT2D eigenvalue weighted by Gasteiger charge is 2.27. The highest BCUT2D eigenvalue weighted by atomic mass is 19.1. The summed E-state index contributed by atoms with van der Waals surface area (Å²) in [4.78, 5) is 82.0. The van der Waals surface area contributed by atoms with E-state index in [1.54, 1.807) is 12.1 Å². The number of carbonyl (C=O) groups excluding carboxylic acids is 6. The maximum atomic E-state index is 12.4. The number of anilines is 3. The van der Waals surface area contributed by atoms with E-state index in [0.717, 1.165) is 179 Å². The molecule has 0 spiro atoms. The molecule has 0 radical (unpaired) electrons. The lowest BCUT2D eigenvalue weighted by molar-refractivity contribution is -0.140. The normalized spacial score (nSPS) is 18.4. The first kappa shape index (κ1) is 72.1. The van der Waals surface area contributed by atoms with Crippen LogP contribution in [0.25, 0.3) is 6.08 Å². The molecular weight excluding hydrogens is 1220 g/mol. The zero-order valence-corrected chi connectivity index (χ0v) is 56.3. The molecule has 0 aliphatic carbocycles. The predicted molar refractivity (Wildman–Crippen MR) is 388 cm³/mol. The van der Waals surface area contributed by atoms with Gasteiger partial charge in [-0.2, -0.15) is 0 Å². The van der Waals surface area contributed by atoms with Crippen molar-refractivity contribution >= 4 is 59.3 Å². The van der Waals surface area contributed by atoms with E-state index in [2.05, 4.69) is 196 Å². The zero-order chi connectivity index (χ0) is 67.8. The van der Waals surface area contributed by atoms with Crippen LogP contribution in [-0.2, 0) is 45.2 Å². The van der Waals surface area contributed by atoms with Gasteiger partial charge in [0, 0.05) is 193 Å². The molecule has 18 heteroatoms. The molecule has 1 atom stereocenters. The number of nitrogens with zero attached hydrogens (tertiary/aromatic N) is 7. The molecule has 0 saturated carbocycles. The molecule has 7 fully saturated rings. The number of piperazine rings is 4. The Morgan fingerprint density at radius 1 is 0.464 bits per heavy atom. The Morgan fingerprint density at radius 2 is 0.907 bits per heavy atom. The molecule has 4 amide bonds. The van der Waals surface area contributed by atoms with Gasteiger partial charge in [-0.25, -0.2) is 4.39 Å². The Kier molecular flexibility index (Phi) is 29.1. The van der Waals surface area contributed by atoms with Crippen molar-refractivity contribution in [3.05, 3.63) is 238 Å². The van der Waals surface area contributed by atoms with Crippen molar-refractivity contribution in [3.8, 4) is 0 Å². The van der Waals surface area contributed by atoms with E-state index >= 15 is 0 Å². The number of amides is 4. The minimum Gasteiger partial charge on any atom is -0.369 e. The smallest absolute Gasteiger partial charge is 0.247 e. The van der Waals surface area contributed by atoms with E-state index in [-0.39, 0.29) is 36.5 Å². The quantitative estimate of drug-likeness (QED) is 0.0599. The average molecular weight is 1320 g/mol. The van der Waals surface area contributed by atoms with E-state index < -0.39 is 5.82 Å². The lowest BCUT2D eigenvalue weighted by atomic mass is 9.96. The third-order valence-electron chi connectivity index (χ3n) is 18.2. The van der Waals surface area contributed by atoms with Crippen LogP contribution in [0.15, 0.2) is 194 Å². The number of aldehydes is 2. The van der Waals surface area contributed by atoms with E-state index in [4.69, 9.17) is 0 Å². The Bertz CT molecular complexity index is 3620. The van der Waals surface area contributed by atoms with Crippen LogP contribution in [0.5, 0.6) is 0 Å². The van der Waals surface area contributed by atoms with Crippen LogP contribution in [0.4, 0.5) is 21.5 Å². The van der Waals surface area contributed by atoms with E-state index in [0.29, 0.717) is 19.3 Å². The molecule has 7 heterocycles. The lowest BCUT2D eigenvalue weighted by Crippen LogP contribution is -2.46.